The van der Waals surface area contributed by atoms with Crippen molar-refractivity contribution in [1.29, 1.82) is 0 Å². The fraction of sp³-hybridized carbons (Fsp3) is 0.0833. The maximum Gasteiger partial charge on any atom is 0.308 e. The lowest BCUT2D eigenvalue weighted by molar-refractivity contribution is -0.134. The van der Waals surface area contributed by atoms with Gasteiger partial charge in [0.05, 0.1) is 42.6 Å². The Bertz CT molecular complexity index is 2170. The highest BCUT2D eigenvalue weighted by molar-refractivity contribution is 6.53. The molecule has 2 heterocycles. The Balaban J connectivity index is 0.000000133. The van der Waals surface area contributed by atoms with Crippen LogP contribution in [0.25, 0.3) is 11.3 Å². The predicted octanol–water partition coefficient (Wildman–Crippen LogP) is 8.41. The molecule has 8 nitrogen and oxygen atoms in total. The number of hydrogen-bond acceptors (Lipinski definition) is 6. The van der Waals surface area contributed by atoms with E-state index < -0.39 is 11.7 Å². The van der Waals surface area contributed by atoms with E-state index in [-0.39, 0.29) is 28.2 Å². The van der Waals surface area contributed by atoms with Crippen LogP contribution in [0.15, 0.2) is 84.4 Å². The number of anilines is 2. The van der Waals surface area contributed by atoms with Gasteiger partial charge in [-0.3, -0.25) is 24.0 Å². The Morgan fingerprint density at radius 3 is 1.83 bits per heavy atom. The average molecular weight is 720 g/mol. The maximum atomic E-state index is 12.6. The summed E-state index contributed by atoms with van der Waals surface area (Å²) in [6.45, 7) is 1.42. The van der Waals surface area contributed by atoms with Crippen LogP contribution in [-0.2, 0) is 32.0 Å². The summed E-state index contributed by atoms with van der Waals surface area (Å²) in [5.74, 6) is -1.17. The molecular weight excluding hydrogens is 698 g/mol. The Morgan fingerprint density at radius 1 is 0.646 bits per heavy atom. The number of Topliss-reactive ketones (excluding diaryl/α,β-unsaturated/α-hetero) is 2. The molecule has 0 saturated carbocycles. The van der Waals surface area contributed by atoms with Crippen molar-refractivity contribution in [2.45, 2.75) is 19.8 Å². The normalized spacial score (nSPS) is 16.3. The van der Waals surface area contributed by atoms with Gasteiger partial charge in [-0.15, -0.1) is 0 Å². The van der Waals surface area contributed by atoms with Gasteiger partial charge in [0.1, 0.15) is 5.76 Å². The number of nitrogens with one attached hydrogen (secondary N) is 2. The van der Waals surface area contributed by atoms with Gasteiger partial charge in [0.15, 0.2) is 5.78 Å². The fourth-order valence-electron chi connectivity index (χ4n) is 5.64. The van der Waals surface area contributed by atoms with Gasteiger partial charge < -0.3 is 15.4 Å². The van der Waals surface area contributed by atoms with Crippen LogP contribution in [0.3, 0.4) is 0 Å². The van der Waals surface area contributed by atoms with Gasteiger partial charge in [0, 0.05) is 35.6 Å². The SMILES string of the molecule is CC(=O)OC1=CCc2ccccc21.O=C1Nc2cc(Cl)c(Cl)cc2/C1=C1/Cc2ccccc2C1=O.O=C1Nc2cc(Cl)c(Cl)cc2C1=O. The van der Waals surface area contributed by atoms with Crippen LogP contribution in [0.4, 0.5) is 11.4 Å². The number of esters is 1. The summed E-state index contributed by atoms with van der Waals surface area (Å²) < 4.78 is 5.06. The van der Waals surface area contributed by atoms with Crippen LogP contribution in [-0.4, -0.2) is 29.4 Å². The molecule has 0 bridgehead atoms. The lowest BCUT2D eigenvalue weighted by Crippen LogP contribution is -2.12. The van der Waals surface area contributed by atoms with E-state index in [2.05, 4.69) is 10.6 Å². The van der Waals surface area contributed by atoms with Gasteiger partial charge in [0.2, 0.25) is 0 Å². The molecule has 2 amide bonds. The number of rotatable bonds is 1. The van der Waals surface area contributed by atoms with Crippen LogP contribution >= 0.6 is 46.4 Å². The lowest BCUT2D eigenvalue weighted by atomic mass is 9.98. The summed E-state index contributed by atoms with van der Waals surface area (Å²) in [6.07, 6.45) is 3.25. The summed E-state index contributed by atoms with van der Waals surface area (Å²) in [5.41, 5.74) is 6.69. The number of carbonyl (C=O) groups is 5. The number of ether oxygens (including phenoxy) is 1. The highest BCUT2D eigenvalue weighted by Gasteiger charge is 2.35. The quantitative estimate of drug-likeness (QED) is 0.116. The zero-order chi connectivity index (χ0) is 34.3. The first-order valence-corrected chi connectivity index (χ1v) is 15.9. The zero-order valence-corrected chi connectivity index (χ0v) is 27.9. The molecule has 2 aliphatic carbocycles. The van der Waals surface area contributed by atoms with Gasteiger partial charge in [-0.05, 0) is 47.9 Å². The van der Waals surface area contributed by atoms with Gasteiger partial charge in [-0.1, -0.05) is 94.9 Å². The van der Waals surface area contributed by atoms with Crippen molar-refractivity contribution in [1.82, 2.24) is 0 Å². The predicted molar refractivity (Wildman–Crippen MR) is 186 cm³/mol. The number of halogens is 4. The Labute approximate surface area is 294 Å². The second-order valence-electron chi connectivity index (χ2n) is 10.9. The molecule has 4 aliphatic rings. The van der Waals surface area contributed by atoms with E-state index in [0.29, 0.717) is 60.9 Å². The van der Waals surface area contributed by atoms with Crippen LogP contribution in [0, 0.1) is 0 Å². The summed E-state index contributed by atoms with van der Waals surface area (Å²) in [6, 6.07) is 21.4. The Morgan fingerprint density at radius 2 is 1.19 bits per heavy atom. The molecule has 0 atom stereocenters. The number of carbonyl (C=O) groups excluding carboxylic acids is 5. The van der Waals surface area contributed by atoms with Gasteiger partial charge in [0.25, 0.3) is 17.6 Å². The highest BCUT2D eigenvalue weighted by atomic mass is 35.5. The molecule has 4 aromatic rings. The fourth-order valence-corrected chi connectivity index (χ4v) is 6.29. The van der Waals surface area contributed by atoms with E-state index in [1.54, 1.807) is 18.2 Å². The van der Waals surface area contributed by atoms with Crippen molar-refractivity contribution in [2.24, 2.45) is 0 Å². The Hall–Kier alpha value is -4.73. The van der Waals surface area contributed by atoms with Crippen molar-refractivity contribution in [3.8, 4) is 0 Å². The average Bonchev–Trinajstić information content (AvgIpc) is 3.77. The molecule has 8 rings (SSSR count). The molecular formula is C36H22Cl4N2O6. The first-order chi connectivity index (χ1) is 22.9. The molecule has 2 N–H and O–H groups in total. The monoisotopic (exact) mass is 718 g/mol. The zero-order valence-electron chi connectivity index (χ0n) is 24.9. The molecule has 240 valence electrons. The topological polar surface area (TPSA) is 119 Å². The van der Waals surface area contributed by atoms with Crippen molar-refractivity contribution in [3.05, 3.63) is 138 Å². The maximum absolute atomic E-state index is 12.6. The van der Waals surface area contributed by atoms with E-state index in [4.69, 9.17) is 51.1 Å². The van der Waals surface area contributed by atoms with Crippen LogP contribution < -0.4 is 10.6 Å². The van der Waals surface area contributed by atoms with E-state index in [0.717, 1.165) is 17.5 Å². The van der Waals surface area contributed by atoms with Crippen LogP contribution in [0.5, 0.6) is 0 Å². The summed E-state index contributed by atoms with van der Waals surface area (Å²) in [7, 11) is 0. The lowest BCUT2D eigenvalue weighted by Gasteiger charge is -2.04. The van der Waals surface area contributed by atoms with Crippen molar-refractivity contribution >= 4 is 98.5 Å². The number of hydrogen-bond donors (Lipinski definition) is 2. The van der Waals surface area contributed by atoms with Gasteiger partial charge >= 0.3 is 5.97 Å². The molecule has 0 aromatic heterocycles. The first-order valence-electron chi connectivity index (χ1n) is 14.4. The van der Waals surface area contributed by atoms with Crippen LogP contribution in [0.1, 0.15) is 49.9 Å². The molecule has 4 aromatic carbocycles. The van der Waals surface area contributed by atoms with Crippen LogP contribution in [0.2, 0.25) is 20.1 Å². The number of amides is 2. The van der Waals surface area contributed by atoms with E-state index in [1.165, 1.54) is 24.6 Å². The standard InChI is InChI=1S/C17H9Cl2NO2.C11H10O2.C8H3Cl2NO2/c18-12-6-10-14(7-13(12)19)20-17(22)15(10)11-5-8-3-1-2-4-9(8)16(11)21;1-8(12)13-11-7-6-9-4-2-3-5-10(9)11;9-4-1-3-6(2-5(4)10)11-8(13)7(3)12/h1-4,6-7H,5H2,(H,20,22);2-5,7H,6H2,1H3;1-2H,(H,11,12,13)/b15-11+;;. The second kappa shape index (κ2) is 13.4. The third-order valence-electron chi connectivity index (χ3n) is 7.81. The molecule has 0 unspecified atom stereocenters. The third kappa shape index (κ3) is 6.40. The molecule has 0 spiro atoms. The van der Waals surface area contributed by atoms with Gasteiger partial charge in [-0.2, -0.15) is 0 Å². The minimum absolute atomic E-state index is 0.0975. The molecule has 48 heavy (non-hydrogen) atoms. The summed E-state index contributed by atoms with van der Waals surface area (Å²) >= 11 is 23.4. The molecule has 2 aliphatic heterocycles. The first kappa shape index (κ1) is 33.2. The molecule has 0 fully saturated rings. The van der Waals surface area contributed by atoms with Gasteiger partial charge in [-0.25, -0.2) is 0 Å². The van der Waals surface area contributed by atoms with E-state index >= 15 is 0 Å². The third-order valence-corrected chi connectivity index (χ3v) is 9.26. The number of allylic oxidation sites excluding steroid dienone is 2. The minimum atomic E-state index is -0.645. The van der Waals surface area contributed by atoms with E-state index in [9.17, 15) is 24.0 Å². The number of benzene rings is 4. The van der Waals surface area contributed by atoms with Crippen molar-refractivity contribution in [2.75, 3.05) is 10.6 Å². The smallest absolute Gasteiger partial charge is 0.308 e. The molecule has 0 saturated heterocycles. The Kier molecular flexibility index (Phi) is 9.27. The highest BCUT2D eigenvalue weighted by Crippen LogP contribution is 2.42. The second-order valence-corrected chi connectivity index (χ2v) is 12.5. The number of fused-ring (bicyclic) bond motifs is 4. The van der Waals surface area contributed by atoms with Crippen molar-refractivity contribution in [3.63, 3.8) is 0 Å². The molecule has 12 heteroatoms. The minimum Gasteiger partial charge on any atom is -0.426 e. The van der Waals surface area contributed by atoms with E-state index in [1.807, 2.05) is 48.5 Å². The largest absolute Gasteiger partial charge is 0.426 e. The summed E-state index contributed by atoms with van der Waals surface area (Å²) in [4.78, 5) is 57.7. The number of ketones is 2. The van der Waals surface area contributed by atoms with Crippen molar-refractivity contribution < 1.29 is 28.7 Å². The summed E-state index contributed by atoms with van der Waals surface area (Å²) in [5, 5.41) is 6.44. The molecule has 0 radical (unpaired) electrons.